The molecule has 0 heterocycles. The van der Waals surface area contributed by atoms with Crippen LogP contribution in [0.15, 0.2) is 0 Å². The minimum absolute atomic E-state index is 0. The molecule has 0 aromatic rings. The number of aliphatic hydroxyl groups excluding tert-OH is 2. The molecule has 0 fully saturated rings. The van der Waals surface area contributed by atoms with Crippen molar-refractivity contribution in [1.82, 2.24) is 4.90 Å². The van der Waals surface area contributed by atoms with E-state index in [1.165, 1.54) is 0 Å². The van der Waals surface area contributed by atoms with E-state index in [1.807, 2.05) is 0 Å². The fraction of sp³-hybridized carbons (Fsp3) is 1.00. The molecule has 0 aromatic carbocycles. The summed E-state index contributed by atoms with van der Waals surface area (Å²) in [5, 5.41) is 16.9. The Morgan fingerprint density at radius 1 is 1.33 bits per heavy atom. The molecule has 0 aliphatic carbocycles. The van der Waals surface area contributed by atoms with Gasteiger partial charge in [-0.25, -0.2) is 0 Å². The van der Waals surface area contributed by atoms with Gasteiger partial charge in [-0.2, -0.15) is 0 Å². The van der Waals surface area contributed by atoms with Gasteiger partial charge in [-0.15, -0.1) is 12.4 Å². The van der Waals surface area contributed by atoms with Crippen LogP contribution in [-0.2, 0) is 0 Å². The molecule has 0 radical (unpaired) electrons. The summed E-state index contributed by atoms with van der Waals surface area (Å²) in [6.07, 6.45) is 0. The second kappa shape index (κ2) is 8.17. The second-order valence-electron chi connectivity index (χ2n) is 1.43. The Hall–Kier alpha value is 0.170. The maximum Gasteiger partial charge on any atom is 0.0558 e. The molecule has 9 heavy (non-hydrogen) atoms. The lowest BCUT2D eigenvalue weighted by Crippen LogP contribution is -2.25. The molecule has 0 aromatic heterocycles. The van der Waals surface area contributed by atoms with Gasteiger partial charge in [0.05, 0.1) is 13.2 Å². The van der Waals surface area contributed by atoms with Crippen molar-refractivity contribution in [1.29, 1.82) is 0 Å². The van der Waals surface area contributed by atoms with Gasteiger partial charge >= 0.3 is 0 Å². The minimum Gasteiger partial charge on any atom is -0.395 e. The normalized spacial score (nSPS) is 15.7. The van der Waals surface area contributed by atoms with Crippen molar-refractivity contribution in [2.45, 2.75) is 0 Å². The number of likely N-dealkylation sites (N-methyl/N-ethyl adjacent to an activating group) is 1. The van der Waals surface area contributed by atoms with Crippen LogP contribution in [0, 0.1) is 0 Å². The zero-order valence-electron chi connectivity index (χ0n) is 8.08. The van der Waals surface area contributed by atoms with Crippen LogP contribution in [0.1, 0.15) is 4.11 Å². The Bertz CT molecular complexity index is 105. The quantitative estimate of drug-likeness (QED) is 0.535. The van der Waals surface area contributed by atoms with E-state index < -0.39 is 6.98 Å². The van der Waals surface area contributed by atoms with E-state index in [2.05, 4.69) is 0 Å². The van der Waals surface area contributed by atoms with Crippen LogP contribution < -0.4 is 0 Å². The van der Waals surface area contributed by atoms with Crippen molar-refractivity contribution in [3.63, 3.8) is 0 Å². The Balaban J connectivity index is 0. The zero-order chi connectivity index (χ0) is 8.91. The first kappa shape index (κ1) is 5.92. The number of hydrogen-bond acceptors (Lipinski definition) is 3. The lowest BCUT2D eigenvalue weighted by Gasteiger charge is -2.11. The van der Waals surface area contributed by atoms with E-state index in [0.29, 0.717) is 0 Å². The molecule has 0 unspecified atom stereocenters. The molecule has 0 atom stereocenters. The summed E-state index contributed by atoms with van der Waals surface area (Å²) in [4.78, 5) is 1.05. The summed E-state index contributed by atoms with van der Waals surface area (Å²) in [7, 11) is 0. The number of hydrogen-bond donors (Lipinski definition) is 2. The van der Waals surface area contributed by atoms with Crippen molar-refractivity contribution in [2.24, 2.45) is 0 Å². The average molecular weight is 160 g/mol. The van der Waals surface area contributed by atoms with Gasteiger partial charge < -0.3 is 15.1 Å². The molecular weight excluding hydrogens is 143 g/mol. The third-order valence-corrected chi connectivity index (χ3v) is 0.740. The van der Waals surface area contributed by atoms with Gasteiger partial charge in [-0.1, -0.05) is 0 Å². The smallest absolute Gasteiger partial charge is 0.0558 e. The molecule has 58 valence electrons. The highest BCUT2D eigenvalue weighted by molar-refractivity contribution is 5.85. The molecule has 0 aliphatic rings. The summed E-state index contributed by atoms with van der Waals surface area (Å²) in [6.45, 7) is -2.50. The number of rotatable bonds is 4. The Morgan fingerprint density at radius 3 is 2.00 bits per heavy atom. The lowest BCUT2D eigenvalue weighted by atomic mass is 10.6. The first-order valence-electron chi connectivity index (χ1n) is 3.99. The van der Waals surface area contributed by atoms with Gasteiger partial charge in [-0.3, -0.25) is 0 Å². The first-order valence-corrected chi connectivity index (χ1v) is 2.49. The lowest BCUT2D eigenvalue weighted by molar-refractivity contribution is 0.184. The molecule has 0 aliphatic heterocycles. The van der Waals surface area contributed by atoms with Crippen molar-refractivity contribution in [3.05, 3.63) is 0 Å². The maximum absolute atomic E-state index is 8.45. The summed E-state index contributed by atoms with van der Waals surface area (Å²) in [6, 6.07) is 0. The fourth-order valence-electron chi connectivity index (χ4n) is 0.353. The predicted molar refractivity (Wildman–Crippen MR) is 38.9 cm³/mol. The van der Waals surface area contributed by atoms with Crippen LogP contribution in [-0.4, -0.2) is 48.4 Å². The number of aliphatic hydroxyl groups is 2. The zero-order valence-corrected chi connectivity index (χ0v) is 5.89. The van der Waals surface area contributed by atoms with Crippen LogP contribution >= 0.6 is 12.4 Å². The van der Waals surface area contributed by atoms with E-state index in [-0.39, 0.29) is 38.7 Å². The third-order valence-electron chi connectivity index (χ3n) is 0.740. The van der Waals surface area contributed by atoms with Gasteiger partial charge in [0, 0.05) is 17.2 Å². The number of halogens is 1. The highest BCUT2D eigenvalue weighted by Gasteiger charge is 1.91. The molecule has 2 N–H and O–H groups in total. The van der Waals surface area contributed by atoms with E-state index >= 15 is 0 Å². The SMILES string of the molecule is Cl.[2H][13C]([2H])([2H])N(CCO)CCO. The van der Waals surface area contributed by atoms with Crippen LogP contribution in [0.4, 0.5) is 0 Å². The first-order chi connectivity index (χ1) is 5.02. The molecular formula is C5H14ClNO2. The topological polar surface area (TPSA) is 43.7 Å². The minimum atomic E-state index is -2.22. The van der Waals surface area contributed by atoms with E-state index in [4.69, 9.17) is 14.3 Å². The summed E-state index contributed by atoms with van der Waals surface area (Å²) in [5.41, 5.74) is 0. The van der Waals surface area contributed by atoms with Crippen LogP contribution in [0.5, 0.6) is 0 Å². The van der Waals surface area contributed by atoms with E-state index in [0.717, 1.165) is 4.90 Å². The van der Waals surface area contributed by atoms with Crippen LogP contribution in [0.2, 0.25) is 0 Å². The fourth-order valence-corrected chi connectivity index (χ4v) is 0.353. The molecule has 3 nitrogen and oxygen atoms in total. The molecule has 0 bridgehead atoms. The Labute approximate surface area is 65.9 Å². The molecule has 0 saturated carbocycles. The van der Waals surface area contributed by atoms with E-state index in [9.17, 15) is 0 Å². The molecule has 4 heteroatoms. The summed E-state index contributed by atoms with van der Waals surface area (Å²) < 4.78 is 20.8. The maximum atomic E-state index is 8.45. The average Bonchev–Trinajstić information content (AvgIpc) is 1.85. The van der Waals surface area contributed by atoms with Crippen molar-refractivity contribution in [3.8, 4) is 0 Å². The highest BCUT2D eigenvalue weighted by Crippen LogP contribution is 1.76. The van der Waals surface area contributed by atoms with Gasteiger partial charge in [-0.05, 0) is 6.98 Å². The van der Waals surface area contributed by atoms with Gasteiger partial charge in [0.1, 0.15) is 0 Å². The predicted octanol–water partition coefficient (Wildman–Crippen LogP) is -0.675. The third kappa shape index (κ3) is 8.17. The van der Waals surface area contributed by atoms with Crippen molar-refractivity contribution >= 4 is 12.4 Å². The monoisotopic (exact) mass is 159 g/mol. The Kier molecular flexibility index (Phi) is 5.37. The van der Waals surface area contributed by atoms with Gasteiger partial charge in [0.25, 0.3) is 0 Å². The largest absolute Gasteiger partial charge is 0.395 e. The molecule has 0 amide bonds. The summed E-state index contributed by atoms with van der Waals surface area (Å²) >= 11 is 0. The molecule has 0 rings (SSSR count). The van der Waals surface area contributed by atoms with Crippen molar-refractivity contribution < 1.29 is 14.3 Å². The molecule has 0 spiro atoms. The molecule has 0 saturated heterocycles. The Morgan fingerprint density at radius 2 is 1.78 bits per heavy atom. The number of nitrogens with zero attached hydrogens (tertiary/aromatic N) is 1. The van der Waals surface area contributed by atoms with Crippen LogP contribution in [0.3, 0.4) is 0 Å². The second-order valence-corrected chi connectivity index (χ2v) is 1.43. The van der Waals surface area contributed by atoms with Crippen LogP contribution in [0.25, 0.3) is 0 Å². The van der Waals surface area contributed by atoms with Crippen molar-refractivity contribution in [2.75, 3.05) is 33.3 Å². The highest BCUT2D eigenvalue weighted by atomic mass is 35.5. The standard InChI is InChI=1S/C5H13NO2.ClH/c1-6(2-4-7)3-5-8;/h7-8H,2-5H2,1H3;1H/i1+1D3;. The van der Waals surface area contributed by atoms with Gasteiger partial charge in [0.15, 0.2) is 0 Å². The summed E-state index contributed by atoms with van der Waals surface area (Å²) in [5.74, 6) is 0. The van der Waals surface area contributed by atoms with Gasteiger partial charge in [0.2, 0.25) is 0 Å². The van der Waals surface area contributed by atoms with E-state index in [1.54, 1.807) is 0 Å².